The van der Waals surface area contributed by atoms with Gasteiger partial charge in [-0.15, -0.1) is 0 Å². The molecule has 0 heterocycles. The lowest BCUT2D eigenvalue weighted by Crippen LogP contribution is -2.42. The average Bonchev–Trinajstić information content (AvgIpc) is 2.00. The Kier molecular flexibility index (Phi) is 5.76. The minimum atomic E-state index is -0.770. The van der Waals surface area contributed by atoms with Gasteiger partial charge in [0, 0.05) is 35.4 Å². The monoisotopic (exact) mass is 207 g/mol. The molecule has 0 radical (unpaired) electrons. The smallest absolute Gasteiger partial charge is 0.0741 e. The van der Waals surface area contributed by atoms with Crippen molar-refractivity contribution in [3.05, 3.63) is 0 Å². The van der Waals surface area contributed by atoms with Gasteiger partial charge in [0.1, 0.15) is 0 Å². The molecule has 0 rings (SSSR count). The summed E-state index contributed by atoms with van der Waals surface area (Å²) in [5.74, 6) is 0.639. The molecule has 13 heavy (non-hydrogen) atoms. The molecule has 0 aromatic heterocycles. The van der Waals surface area contributed by atoms with Crippen molar-refractivity contribution in [3.8, 4) is 0 Å². The summed E-state index contributed by atoms with van der Waals surface area (Å²) in [7, 11) is -0.770. The van der Waals surface area contributed by atoms with E-state index in [1.165, 1.54) is 0 Å². The quantitative estimate of drug-likeness (QED) is 0.667. The standard InChI is InChI=1S/C9H21NO2S/c1-5-9(3,11)7-10-8(2)6-13(4)12/h8,10-11H,5-7H2,1-4H3. The van der Waals surface area contributed by atoms with Crippen molar-refractivity contribution in [2.45, 2.75) is 38.8 Å². The molecule has 3 atom stereocenters. The highest BCUT2D eigenvalue weighted by molar-refractivity contribution is 7.84. The summed E-state index contributed by atoms with van der Waals surface area (Å²) in [5.41, 5.74) is -0.649. The first-order valence-electron chi connectivity index (χ1n) is 4.63. The summed E-state index contributed by atoms with van der Waals surface area (Å²) in [4.78, 5) is 0. The Balaban J connectivity index is 3.69. The second-order valence-corrected chi connectivity index (χ2v) is 5.35. The van der Waals surface area contributed by atoms with Crippen LogP contribution in [0, 0.1) is 0 Å². The van der Waals surface area contributed by atoms with Crippen LogP contribution in [0.2, 0.25) is 0 Å². The van der Waals surface area contributed by atoms with E-state index >= 15 is 0 Å². The van der Waals surface area contributed by atoms with E-state index in [9.17, 15) is 9.32 Å². The largest absolute Gasteiger partial charge is 0.389 e. The predicted molar refractivity (Wildman–Crippen MR) is 57.3 cm³/mol. The molecule has 0 bridgehead atoms. The number of hydrogen-bond donors (Lipinski definition) is 2. The Morgan fingerprint density at radius 1 is 1.62 bits per heavy atom. The van der Waals surface area contributed by atoms with Crippen LogP contribution in [0.1, 0.15) is 27.2 Å². The maximum Gasteiger partial charge on any atom is 0.0741 e. The summed E-state index contributed by atoms with van der Waals surface area (Å²) in [6, 6.07) is 0.198. The van der Waals surface area contributed by atoms with Gasteiger partial charge in [-0.05, 0) is 20.3 Å². The van der Waals surface area contributed by atoms with E-state index in [0.717, 1.165) is 6.42 Å². The van der Waals surface area contributed by atoms with Crippen molar-refractivity contribution in [2.75, 3.05) is 18.6 Å². The molecule has 0 aromatic rings. The lowest BCUT2D eigenvalue weighted by atomic mass is 10.0. The highest BCUT2D eigenvalue weighted by atomic mass is 32.2. The third kappa shape index (κ3) is 7.16. The molecule has 4 heteroatoms. The highest BCUT2D eigenvalue weighted by Gasteiger charge is 2.18. The van der Waals surface area contributed by atoms with Crippen molar-refractivity contribution in [2.24, 2.45) is 0 Å². The number of aliphatic hydroxyl groups is 1. The molecule has 0 saturated heterocycles. The van der Waals surface area contributed by atoms with Crippen LogP contribution in [-0.4, -0.2) is 39.5 Å². The minimum Gasteiger partial charge on any atom is -0.389 e. The number of hydrogen-bond acceptors (Lipinski definition) is 3. The van der Waals surface area contributed by atoms with Gasteiger partial charge < -0.3 is 10.4 Å². The maximum atomic E-state index is 10.9. The van der Waals surface area contributed by atoms with Crippen molar-refractivity contribution in [1.82, 2.24) is 5.32 Å². The highest BCUT2D eigenvalue weighted by Crippen LogP contribution is 2.06. The Morgan fingerprint density at radius 3 is 2.54 bits per heavy atom. The normalized spacial score (nSPS) is 20.7. The van der Waals surface area contributed by atoms with Crippen LogP contribution in [0.15, 0.2) is 0 Å². The Labute approximate surface area is 83.4 Å². The first-order chi connectivity index (χ1) is 5.87. The molecule has 0 aliphatic rings. The molecule has 3 nitrogen and oxygen atoms in total. The van der Waals surface area contributed by atoms with Gasteiger partial charge in [0.25, 0.3) is 0 Å². The van der Waals surface area contributed by atoms with Crippen LogP contribution in [0.3, 0.4) is 0 Å². The number of rotatable bonds is 6. The molecule has 0 aliphatic heterocycles. The van der Waals surface area contributed by atoms with Crippen LogP contribution < -0.4 is 5.32 Å². The van der Waals surface area contributed by atoms with Gasteiger partial charge in [-0.2, -0.15) is 0 Å². The lowest BCUT2D eigenvalue weighted by Gasteiger charge is -2.24. The van der Waals surface area contributed by atoms with Crippen LogP contribution in [0.5, 0.6) is 0 Å². The van der Waals surface area contributed by atoms with Crippen LogP contribution in [0.4, 0.5) is 0 Å². The molecule has 0 aliphatic carbocycles. The molecule has 0 aromatic carbocycles. The van der Waals surface area contributed by atoms with Gasteiger partial charge in [0.15, 0.2) is 0 Å². The molecule has 0 saturated carbocycles. The first kappa shape index (κ1) is 13.1. The Morgan fingerprint density at radius 2 is 2.15 bits per heavy atom. The second kappa shape index (κ2) is 5.73. The molecule has 0 fully saturated rings. The van der Waals surface area contributed by atoms with Crippen LogP contribution >= 0.6 is 0 Å². The SMILES string of the molecule is CCC(C)(O)CNC(C)CS(C)=O. The molecule has 2 N–H and O–H groups in total. The average molecular weight is 207 g/mol. The van der Waals surface area contributed by atoms with Gasteiger partial charge in [-0.1, -0.05) is 6.92 Å². The zero-order valence-electron chi connectivity index (χ0n) is 8.96. The second-order valence-electron chi connectivity index (χ2n) is 3.87. The molecule has 0 spiro atoms. The van der Waals surface area contributed by atoms with Gasteiger partial charge in [-0.25, -0.2) is 0 Å². The number of nitrogens with one attached hydrogen (secondary N) is 1. The minimum absolute atomic E-state index is 0.198. The third-order valence-corrected chi connectivity index (χ3v) is 3.05. The predicted octanol–water partition coefficient (Wildman–Crippen LogP) is 0.504. The van der Waals surface area contributed by atoms with E-state index in [1.54, 1.807) is 13.2 Å². The van der Waals surface area contributed by atoms with Crippen molar-refractivity contribution in [3.63, 3.8) is 0 Å². The zero-order valence-corrected chi connectivity index (χ0v) is 9.78. The fourth-order valence-electron chi connectivity index (χ4n) is 0.930. The Hall–Kier alpha value is 0.0700. The van der Waals surface area contributed by atoms with Gasteiger partial charge >= 0.3 is 0 Å². The van der Waals surface area contributed by atoms with Gasteiger partial charge in [0.05, 0.1) is 5.60 Å². The van der Waals surface area contributed by atoms with E-state index in [0.29, 0.717) is 12.3 Å². The fraction of sp³-hybridized carbons (Fsp3) is 1.00. The van der Waals surface area contributed by atoms with E-state index in [2.05, 4.69) is 5.32 Å². The zero-order chi connectivity index (χ0) is 10.5. The molecule has 0 amide bonds. The summed E-state index contributed by atoms with van der Waals surface area (Å²) in [6.07, 6.45) is 2.41. The first-order valence-corrected chi connectivity index (χ1v) is 6.36. The topological polar surface area (TPSA) is 49.3 Å². The third-order valence-electron chi connectivity index (χ3n) is 2.08. The van der Waals surface area contributed by atoms with E-state index in [4.69, 9.17) is 0 Å². The molecule has 80 valence electrons. The van der Waals surface area contributed by atoms with E-state index < -0.39 is 16.4 Å². The summed E-state index contributed by atoms with van der Waals surface area (Å²) in [6.45, 7) is 6.29. The van der Waals surface area contributed by atoms with Crippen LogP contribution in [0.25, 0.3) is 0 Å². The lowest BCUT2D eigenvalue weighted by molar-refractivity contribution is 0.0540. The van der Waals surface area contributed by atoms with Gasteiger partial charge in [-0.3, -0.25) is 4.21 Å². The summed E-state index contributed by atoms with van der Waals surface area (Å²) < 4.78 is 10.9. The van der Waals surface area contributed by atoms with Crippen molar-refractivity contribution < 1.29 is 9.32 Å². The van der Waals surface area contributed by atoms with Crippen molar-refractivity contribution in [1.29, 1.82) is 0 Å². The fourth-order valence-corrected chi connectivity index (χ4v) is 1.75. The molecule has 3 unspecified atom stereocenters. The summed E-state index contributed by atoms with van der Waals surface area (Å²) >= 11 is 0. The molecular weight excluding hydrogens is 186 g/mol. The van der Waals surface area contributed by atoms with Crippen molar-refractivity contribution >= 4 is 10.8 Å². The van der Waals surface area contributed by atoms with E-state index in [1.807, 2.05) is 13.8 Å². The molecular formula is C9H21NO2S. The maximum absolute atomic E-state index is 10.9. The summed E-state index contributed by atoms with van der Waals surface area (Å²) in [5, 5.41) is 12.8. The van der Waals surface area contributed by atoms with Gasteiger partial charge in [0.2, 0.25) is 0 Å². The van der Waals surface area contributed by atoms with E-state index in [-0.39, 0.29) is 6.04 Å². The Bertz CT molecular complexity index is 171. The van der Waals surface area contributed by atoms with Crippen LogP contribution in [-0.2, 0) is 10.8 Å².